The number of aryl methyl sites for hydroxylation is 1. The summed E-state index contributed by atoms with van der Waals surface area (Å²) in [6, 6.07) is 13.5. The molecule has 2 heterocycles. The first-order valence-electron chi connectivity index (χ1n) is 8.74. The molecule has 2 aromatic rings. The number of nitrogens with one attached hydrogen (secondary N) is 1. The lowest BCUT2D eigenvalue weighted by Crippen LogP contribution is -2.33. The Labute approximate surface area is 148 Å². The van der Waals surface area contributed by atoms with Crippen molar-refractivity contribution in [2.24, 2.45) is 0 Å². The predicted molar refractivity (Wildman–Crippen MR) is 97.2 cm³/mol. The Morgan fingerprint density at radius 2 is 1.80 bits per heavy atom. The predicted octanol–water partition coefficient (Wildman–Crippen LogP) is 2.80. The SMILES string of the molecule is Cc1nc(-c2ccccc2)ccc1C(=O)NCCC(=O)N1CCCC1. The highest BCUT2D eigenvalue weighted by molar-refractivity contribution is 5.95. The lowest BCUT2D eigenvalue weighted by Gasteiger charge is -2.15. The number of pyridine rings is 1. The maximum absolute atomic E-state index is 12.3. The fraction of sp³-hybridized carbons (Fsp3) is 0.350. The summed E-state index contributed by atoms with van der Waals surface area (Å²) in [5.41, 5.74) is 3.10. The van der Waals surface area contributed by atoms with Crippen molar-refractivity contribution in [2.45, 2.75) is 26.2 Å². The Kier molecular flexibility index (Phi) is 5.43. The number of carbonyl (C=O) groups is 2. The minimum absolute atomic E-state index is 0.118. The van der Waals surface area contributed by atoms with Crippen molar-refractivity contribution < 1.29 is 9.59 Å². The van der Waals surface area contributed by atoms with Crippen molar-refractivity contribution in [3.63, 3.8) is 0 Å². The van der Waals surface area contributed by atoms with E-state index < -0.39 is 0 Å². The lowest BCUT2D eigenvalue weighted by atomic mass is 10.1. The van der Waals surface area contributed by atoms with Gasteiger partial charge >= 0.3 is 0 Å². The van der Waals surface area contributed by atoms with Gasteiger partial charge < -0.3 is 10.2 Å². The van der Waals surface area contributed by atoms with E-state index in [1.54, 1.807) is 6.07 Å². The van der Waals surface area contributed by atoms with Crippen LogP contribution in [0.15, 0.2) is 42.5 Å². The molecule has 1 aliphatic heterocycles. The molecule has 0 spiro atoms. The van der Waals surface area contributed by atoms with E-state index >= 15 is 0 Å². The van der Waals surface area contributed by atoms with E-state index in [1.165, 1.54) is 0 Å². The molecule has 1 saturated heterocycles. The van der Waals surface area contributed by atoms with Gasteiger partial charge in [-0.25, -0.2) is 0 Å². The second-order valence-electron chi connectivity index (χ2n) is 6.29. The third-order valence-electron chi connectivity index (χ3n) is 4.48. The van der Waals surface area contributed by atoms with E-state index in [0.717, 1.165) is 37.2 Å². The zero-order valence-corrected chi connectivity index (χ0v) is 14.5. The molecular weight excluding hydrogens is 314 g/mol. The first-order valence-corrected chi connectivity index (χ1v) is 8.74. The van der Waals surface area contributed by atoms with Gasteiger partial charge in [0.2, 0.25) is 5.91 Å². The van der Waals surface area contributed by atoms with E-state index in [9.17, 15) is 9.59 Å². The highest BCUT2D eigenvalue weighted by atomic mass is 16.2. The monoisotopic (exact) mass is 337 g/mol. The van der Waals surface area contributed by atoms with Crippen LogP contribution in [0.3, 0.4) is 0 Å². The standard InChI is InChI=1S/C20H23N3O2/c1-15-17(9-10-18(22-15)16-7-3-2-4-8-16)20(25)21-12-11-19(24)23-13-5-6-14-23/h2-4,7-10H,5-6,11-14H2,1H3,(H,21,25). The largest absolute Gasteiger partial charge is 0.351 e. The lowest BCUT2D eigenvalue weighted by molar-refractivity contribution is -0.129. The van der Waals surface area contributed by atoms with Gasteiger partial charge in [0.1, 0.15) is 0 Å². The highest BCUT2D eigenvalue weighted by Gasteiger charge is 2.18. The van der Waals surface area contributed by atoms with E-state index in [0.29, 0.717) is 24.2 Å². The summed E-state index contributed by atoms with van der Waals surface area (Å²) < 4.78 is 0. The number of likely N-dealkylation sites (tertiary alicyclic amines) is 1. The van der Waals surface area contributed by atoms with Crippen LogP contribution in [0.1, 0.15) is 35.3 Å². The molecule has 5 heteroatoms. The molecule has 0 aliphatic carbocycles. The molecule has 1 N–H and O–H groups in total. The molecule has 130 valence electrons. The molecule has 25 heavy (non-hydrogen) atoms. The number of nitrogens with zero attached hydrogens (tertiary/aromatic N) is 2. The number of hydrogen-bond acceptors (Lipinski definition) is 3. The van der Waals surface area contributed by atoms with Gasteiger partial charge in [0.15, 0.2) is 0 Å². The van der Waals surface area contributed by atoms with Gasteiger partial charge in [0.05, 0.1) is 17.0 Å². The topological polar surface area (TPSA) is 62.3 Å². The summed E-state index contributed by atoms with van der Waals surface area (Å²) in [5, 5.41) is 2.83. The van der Waals surface area contributed by atoms with Gasteiger partial charge in [-0.3, -0.25) is 14.6 Å². The Bertz CT molecular complexity index is 753. The van der Waals surface area contributed by atoms with Gasteiger partial charge in [-0.05, 0) is 31.9 Å². The van der Waals surface area contributed by atoms with E-state index in [2.05, 4.69) is 10.3 Å². The molecule has 1 aliphatic rings. The van der Waals surface area contributed by atoms with Crippen LogP contribution in [0.25, 0.3) is 11.3 Å². The third-order valence-corrected chi connectivity index (χ3v) is 4.48. The Morgan fingerprint density at radius 1 is 1.08 bits per heavy atom. The maximum atomic E-state index is 12.3. The van der Waals surface area contributed by atoms with Crippen LogP contribution >= 0.6 is 0 Å². The van der Waals surface area contributed by atoms with Crippen LogP contribution in [0.5, 0.6) is 0 Å². The normalized spacial score (nSPS) is 13.7. The first-order chi connectivity index (χ1) is 12.1. The summed E-state index contributed by atoms with van der Waals surface area (Å²) >= 11 is 0. The number of aromatic nitrogens is 1. The molecule has 0 radical (unpaired) electrons. The van der Waals surface area contributed by atoms with Crippen LogP contribution < -0.4 is 5.32 Å². The van der Waals surface area contributed by atoms with Gasteiger partial charge in [-0.1, -0.05) is 30.3 Å². The first kappa shape index (κ1) is 17.1. The van der Waals surface area contributed by atoms with Crippen LogP contribution in [0.2, 0.25) is 0 Å². The number of amides is 2. The number of benzene rings is 1. The van der Waals surface area contributed by atoms with Crippen molar-refractivity contribution in [3.8, 4) is 11.3 Å². The number of carbonyl (C=O) groups excluding carboxylic acids is 2. The fourth-order valence-electron chi connectivity index (χ4n) is 3.07. The number of hydrogen-bond donors (Lipinski definition) is 1. The minimum Gasteiger partial charge on any atom is -0.351 e. The summed E-state index contributed by atoms with van der Waals surface area (Å²) in [6.07, 6.45) is 2.51. The van der Waals surface area contributed by atoms with Crippen molar-refractivity contribution in [3.05, 3.63) is 53.7 Å². The molecule has 0 saturated carbocycles. The summed E-state index contributed by atoms with van der Waals surface area (Å²) in [6.45, 7) is 3.87. The van der Waals surface area contributed by atoms with Crippen molar-refractivity contribution in [2.75, 3.05) is 19.6 Å². The second-order valence-corrected chi connectivity index (χ2v) is 6.29. The summed E-state index contributed by atoms with van der Waals surface area (Å²) in [4.78, 5) is 30.7. The number of rotatable bonds is 5. The molecule has 5 nitrogen and oxygen atoms in total. The van der Waals surface area contributed by atoms with Crippen molar-refractivity contribution in [1.82, 2.24) is 15.2 Å². The molecule has 1 aromatic heterocycles. The molecule has 0 unspecified atom stereocenters. The third kappa shape index (κ3) is 4.24. The molecule has 1 aromatic carbocycles. The summed E-state index contributed by atoms with van der Waals surface area (Å²) in [7, 11) is 0. The van der Waals surface area contributed by atoms with Crippen molar-refractivity contribution in [1.29, 1.82) is 0 Å². The Morgan fingerprint density at radius 3 is 2.48 bits per heavy atom. The molecule has 3 rings (SSSR count). The van der Waals surface area contributed by atoms with Gasteiger partial charge in [-0.2, -0.15) is 0 Å². The van der Waals surface area contributed by atoms with Crippen molar-refractivity contribution >= 4 is 11.8 Å². The zero-order valence-electron chi connectivity index (χ0n) is 14.5. The van der Waals surface area contributed by atoms with Crippen LogP contribution in [0.4, 0.5) is 0 Å². The van der Waals surface area contributed by atoms with Crippen LogP contribution in [-0.4, -0.2) is 41.3 Å². The molecule has 2 amide bonds. The molecule has 0 bridgehead atoms. The van der Waals surface area contributed by atoms with Crippen LogP contribution in [-0.2, 0) is 4.79 Å². The van der Waals surface area contributed by atoms with E-state index in [1.807, 2.05) is 48.2 Å². The highest BCUT2D eigenvalue weighted by Crippen LogP contribution is 2.18. The zero-order chi connectivity index (χ0) is 17.6. The average molecular weight is 337 g/mol. The fourth-order valence-corrected chi connectivity index (χ4v) is 3.07. The minimum atomic E-state index is -0.182. The molecule has 0 atom stereocenters. The van der Waals surface area contributed by atoms with Gasteiger partial charge in [0.25, 0.3) is 5.91 Å². The van der Waals surface area contributed by atoms with E-state index in [4.69, 9.17) is 0 Å². The Balaban J connectivity index is 1.57. The maximum Gasteiger partial charge on any atom is 0.253 e. The smallest absolute Gasteiger partial charge is 0.253 e. The molecule has 1 fully saturated rings. The van der Waals surface area contributed by atoms with E-state index in [-0.39, 0.29) is 11.8 Å². The quantitative estimate of drug-likeness (QED) is 0.912. The second kappa shape index (κ2) is 7.92. The van der Waals surface area contributed by atoms with Gasteiger partial charge in [-0.15, -0.1) is 0 Å². The Hall–Kier alpha value is -2.69. The van der Waals surface area contributed by atoms with Gasteiger partial charge in [0, 0.05) is 31.6 Å². The molecular formula is C20H23N3O2. The summed E-state index contributed by atoms with van der Waals surface area (Å²) in [5.74, 6) is -0.0640. The van der Waals surface area contributed by atoms with Crippen LogP contribution in [0, 0.1) is 6.92 Å². The average Bonchev–Trinajstić information content (AvgIpc) is 3.17.